The maximum Gasteiger partial charge on any atom is 0.230 e. The zero-order valence-corrected chi connectivity index (χ0v) is 16.6. The number of nitrogens with one attached hydrogen (secondary N) is 1. The van der Waals surface area contributed by atoms with Crippen molar-refractivity contribution in [3.05, 3.63) is 58.7 Å². The highest BCUT2D eigenvalue weighted by Crippen LogP contribution is 2.37. The van der Waals surface area contributed by atoms with Crippen LogP contribution in [-0.4, -0.2) is 26.9 Å². The van der Waals surface area contributed by atoms with Crippen molar-refractivity contribution >= 4 is 11.9 Å². The standard InChI is InChI=1S/C21H21F2N5O2/c1-10-20(30-11(2)26-10)18-5-6-25-21(27-18)28-19(29)9-17(24)13-4-3-12-7-15(22)16(23)8-14(12)13/h5-8,13,17H,3-4,9,24H2,1-2H3,(H,25,27,28,29). The van der Waals surface area contributed by atoms with Gasteiger partial charge in [0.2, 0.25) is 11.9 Å². The van der Waals surface area contributed by atoms with Gasteiger partial charge in [-0.05, 0) is 49.1 Å². The Kier molecular flexibility index (Phi) is 5.29. The fraction of sp³-hybridized carbons (Fsp3) is 0.333. The predicted molar refractivity (Wildman–Crippen MR) is 106 cm³/mol. The van der Waals surface area contributed by atoms with Gasteiger partial charge >= 0.3 is 0 Å². The number of nitrogens with two attached hydrogens (primary N) is 1. The van der Waals surface area contributed by atoms with Crippen LogP contribution in [0.3, 0.4) is 0 Å². The quantitative estimate of drug-likeness (QED) is 0.664. The zero-order valence-electron chi connectivity index (χ0n) is 16.6. The summed E-state index contributed by atoms with van der Waals surface area (Å²) in [5.41, 5.74) is 8.84. The van der Waals surface area contributed by atoms with E-state index in [0.29, 0.717) is 41.4 Å². The summed E-state index contributed by atoms with van der Waals surface area (Å²) < 4.78 is 32.6. The SMILES string of the molecule is Cc1nc(C)c(-c2ccnc(NC(=O)CC(N)C3CCc4cc(F)c(F)cc43)n2)o1. The van der Waals surface area contributed by atoms with Gasteiger partial charge in [0.1, 0.15) is 5.69 Å². The molecule has 0 saturated heterocycles. The summed E-state index contributed by atoms with van der Waals surface area (Å²) in [4.78, 5) is 25.1. The summed E-state index contributed by atoms with van der Waals surface area (Å²) in [6.45, 7) is 3.54. The minimum absolute atomic E-state index is 0.00284. The van der Waals surface area contributed by atoms with Gasteiger partial charge in [-0.25, -0.2) is 23.7 Å². The van der Waals surface area contributed by atoms with Crippen LogP contribution < -0.4 is 11.1 Å². The van der Waals surface area contributed by atoms with E-state index in [9.17, 15) is 13.6 Å². The predicted octanol–water partition coefficient (Wildman–Crippen LogP) is 3.41. The number of oxazole rings is 1. The summed E-state index contributed by atoms with van der Waals surface area (Å²) in [6, 6.07) is 3.52. The molecule has 0 radical (unpaired) electrons. The third-order valence-electron chi connectivity index (χ3n) is 5.29. The Bertz CT molecular complexity index is 1110. The second kappa shape index (κ2) is 7.91. The molecule has 2 atom stereocenters. The van der Waals surface area contributed by atoms with Gasteiger partial charge in [-0.15, -0.1) is 0 Å². The maximum absolute atomic E-state index is 13.6. The molecular weight excluding hydrogens is 392 g/mol. The lowest BCUT2D eigenvalue weighted by atomic mass is 9.91. The van der Waals surface area contributed by atoms with Gasteiger partial charge in [-0.2, -0.15) is 0 Å². The van der Waals surface area contributed by atoms with Gasteiger partial charge in [0.05, 0.1) is 5.69 Å². The molecule has 9 heteroatoms. The number of aryl methyl sites for hydroxylation is 3. The van der Waals surface area contributed by atoms with Gasteiger partial charge in [0.25, 0.3) is 0 Å². The largest absolute Gasteiger partial charge is 0.439 e. The number of hydrogen-bond donors (Lipinski definition) is 2. The van der Waals surface area contributed by atoms with E-state index in [-0.39, 0.29) is 24.2 Å². The number of halogens is 2. The number of nitrogens with zero attached hydrogens (tertiary/aromatic N) is 3. The zero-order chi connectivity index (χ0) is 21.4. The van der Waals surface area contributed by atoms with Gasteiger partial charge in [-0.1, -0.05) is 0 Å². The Morgan fingerprint density at radius 3 is 2.80 bits per heavy atom. The monoisotopic (exact) mass is 413 g/mol. The van der Waals surface area contributed by atoms with Crippen molar-refractivity contribution in [1.29, 1.82) is 0 Å². The molecule has 3 N–H and O–H groups in total. The average Bonchev–Trinajstić information content (AvgIpc) is 3.24. The molecule has 0 fully saturated rings. The molecule has 0 bridgehead atoms. The summed E-state index contributed by atoms with van der Waals surface area (Å²) in [5.74, 6) is -1.19. The fourth-order valence-electron chi connectivity index (χ4n) is 3.92. The van der Waals surface area contributed by atoms with Crippen LogP contribution in [0, 0.1) is 25.5 Å². The highest BCUT2D eigenvalue weighted by atomic mass is 19.2. The lowest BCUT2D eigenvalue weighted by Crippen LogP contribution is -2.32. The Hall–Kier alpha value is -3.20. The molecule has 0 spiro atoms. The van der Waals surface area contributed by atoms with Crippen molar-refractivity contribution in [2.24, 2.45) is 5.73 Å². The Labute approximate surface area is 171 Å². The van der Waals surface area contributed by atoms with Crippen LogP contribution in [0.4, 0.5) is 14.7 Å². The van der Waals surface area contributed by atoms with Crippen molar-refractivity contribution in [3.63, 3.8) is 0 Å². The molecular formula is C21H21F2N5O2. The van der Waals surface area contributed by atoms with E-state index in [1.54, 1.807) is 19.9 Å². The first-order valence-corrected chi connectivity index (χ1v) is 9.62. The Balaban J connectivity index is 1.44. The average molecular weight is 413 g/mol. The van der Waals surface area contributed by atoms with Crippen molar-refractivity contribution in [2.75, 3.05) is 5.32 Å². The number of aromatic nitrogens is 3. The Morgan fingerprint density at radius 1 is 1.30 bits per heavy atom. The van der Waals surface area contributed by atoms with E-state index in [1.165, 1.54) is 18.3 Å². The molecule has 1 amide bonds. The first kappa shape index (κ1) is 20.1. The van der Waals surface area contributed by atoms with Gasteiger partial charge in [0.15, 0.2) is 23.3 Å². The molecule has 4 rings (SSSR count). The maximum atomic E-state index is 13.6. The molecule has 2 heterocycles. The summed E-state index contributed by atoms with van der Waals surface area (Å²) in [5, 5.41) is 2.64. The number of hydrogen-bond acceptors (Lipinski definition) is 6. The van der Waals surface area contributed by atoms with Crippen LogP contribution in [0.1, 0.15) is 41.5 Å². The van der Waals surface area contributed by atoms with Gasteiger partial charge < -0.3 is 10.2 Å². The second-order valence-corrected chi connectivity index (χ2v) is 7.44. The van der Waals surface area contributed by atoms with E-state index >= 15 is 0 Å². The van der Waals surface area contributed by atoms with E-state index < -0.39 is 17.7 Å². The van der Waals surface area contributed by atoms with Crippen molar-refractivity contribution < 1.29 is 18.0 Å². The molecule has 2 unspecified atom stereocenters. The van der Waals surface area contributed by atoms with Crippen LogP contribution in [0.5, 0.6) is 0 Å². The number of anilines is 1. The Morgan fingerprint density at radius 2 is 2.07 bits per heavy atom. The van der Waals surface area contributed by atoms with Crippen LogP contribution in [0.2, 0.25) is 0 Å². The lowest BCUT2D eigenvalue weighted by molar-refractivity contribution is -0.116. The van der Waals surface area contributed by atoms with Crippen molar-refractivity contribution in [3.8, 4) is 11.5 Å². The van der Waals surface area contributed by atoms with Crippen molar-refractivity contribution in [1.82, 2.24) is 15.0 Å². The third kappa shape index (κ3) is 3.93. The van der Waals surface area contributed by atoms with E-state index in [4.69, 9.17) is 10.2 Å². The van der Waals surface area contributed by atoms with Crippen LogP contribution >= 0.6 is 0 Å². The minimum atomic E-state index is -0.902. The van der Waals surface area contributed by atoms with E-state index in [2.05, 4.69) is 20.3 Å². The van der Waals surface area contributed by atoms with Crippen LogP contribution in [0.15, 0.2) is 28.8 Å². The number of carbonyl (C=O) groups is 1. The molecule has 156 valence electrons. The van der Waals surface area contributed by atoms with Crippen LogP contribution in [0.25, 0.3) is 11.5 Å². The number of carbonyl (C=O) groups excluding carboxylic acids is 1. The molecule has 30 heavy (non-hydrogen) atoms. The molecule has 0 saturated carbocycles. The molecule has 2 aromatic heterocycles. The van der Waals surface area contributed by atoms with Gasteiger partial charge in [-0.3, -0.25) is 10.1 Å². The molecule has 0 aliphatic heterocycles. The molecule has 3 aromatic rings. The molecule has 1 aromatic carbocycles. The number of fused-ring (bicyclic) bond motifs is 1. The van der Waals surface area contributed by atoms with Gasteiger partial charge in [0, 0.05) is 31.5 Å². The number of rotatable bonds is 5. The lowest BCUT2D eigenvalue weighted by Gasteiger charge is -2.20. The number of benzene rings is 1. The molecule has 1 aliphatic carbocycles. The smallest absolute Gasteiger partial charge is 0.230 e. The topological polar surface area (TPSA) is 107 Å². The highest BCUT2D eigenvalue weighted by Gasteiger charge is 2.30. The second-order valence-electron chi connectivity index (χ2n) is 7.44. The number of amides is 1. The summed E-state index contributed by atoms with van der Waals surface area (Å²) in [7, 11) is 0. The van der Waals surface area contributed by atoms with E-state index in [1.807, 2.05) is 0 Å². The first-order valence-electron chi connectivity index (χ1n) is 9.62. The summed E-state index contributed by atoms with van der Waals surface area (Å²) in [6.07, 6.45) is 2.76. The highest BCUT2D eigenvalue weighted by molar-refractivity contribution is 5.89. The van der Waals surface area contributed by atoms with E-state index in [0.717, 1.165) is 5.56 Å². The summed E-state index contributed by atoms with van der Waals surface area (Å²) >= 11 is 0. The third-order valence-corrected chi connectivity index (χ3v) is 5.29. The fourth-order valence-corrected chi connectivity index (χ4v) is 3.92. The van der Waals surface area contributed by atoms with Crippen molar-refractivity contribution in [2.45, 2.75) is 45.1 Å². The van der Waals surface area contributed by atoms with Crippen LogP contribution in [-0.2, 0) is 11.2 Å². The normalized spacial score (nSPS) is 16.4. The molecule has 1 aliphatic rings. The minimum Gasteiger partial charge on any atom is -0.439 e. The first-order chi connectivity index (χ1) is 14.3. The molecule has 7 nitrogen and oxygen atoms in total.